The Morgan fingerprint density at radius 2 is 2.15 bits per heavy atom. The molecule has 1 saturated heterocycles. The molecule has 78 valence electrons. The minimum absolute atomic E-state index is 0.137. The molecule has 1 aliphatic rings. The van der Waals surface area contributed by atoms with Crippen LogP contribution in [0.4, 0.5) is 0 Å². The third-order valence-electron chi connectivity index (χ3n) is 3.22. The van der Waals surface area contributed by atoms with Crippen LogP contribution >= 0.6 is 0 Å². The molecule has 0 amide bonds. The molecule has 4 heteroatoms. The molecule has 0 bridgehead atoms. The van der Waals surface area contributed by atoms with Crippen molar-refractivity contribution in [2.45, 2.75) is 38.5 Å². The summed E-state index contributed by atoms with van der Waals surface area (Å²) >= 11 is 0. The summed E-state index contributed by atoms with van der Waals surface area (Å²) in [5, 5.41) is 0. The van der Waals surface area contributed by atoms with Crippen LogP contribution in [-0.2, 0) is 0 Å². The second-order valence-corrected chi connectivity index (χ2v) is 3.99. The Kier molecular flexibility index (Phi) is 3.67. The lowest BCUT2D eigenvalue weighted by molar-refractivity contribution is 0.181. The van der Waals surface area contributed by atoms with Gasteiger partial charge in [0.1, 0.15) is 0 Å². The molecule has 0 spiro atoms. The lowest BCUT2D eigenvalue weighted by Gasteiger charge is -2.28. The molecule has 4 unspecified atom stereocenters. The molecule has 1 aliphatic heterocycles. The van der Waals surface area contributed by atoms with Crippen molar-refractivity contribution < 1.29 is 0 Å². The van der Waals surface area contributed by atoms with Crippen LogP contribution in [0.15, 0.2) is 0 Å². The van der Waals surface area contributed by atoms with Crippen LogP contribution in [0.3, 0.4) is 0 Å². The standard InChI is InChI=1S/C9H22N4/c1-3-8(11)13-5-7(4-10)9(12)6(13)2/h6-9H,3-5,10-12H2,1-2H3. The van der Waals surface area contributed by atoms with Gasteiger partial charge < -0.3 is 17.2 Å². The Morgan fingerprint density at radius 1 is 1.54 bits per heavy atom. The Labute approximate surface area is 80.4 Å². The predicted octanol–water partition coefficient (Wildman–Crippen LogP) is -0.712. The van der Waals surface area contributed by atoms with Crippen LogP contribution in [0.1, 0.15) is 20.3 Å². The Hall–Kier alpha value is -0.160. The predicted molar refractivity (Wildman–Crippen MR) is 55.0 cm³/mol. The van der Waals surface area contributed by atoms with Crippen LogP contribution in [0.2, 0.25) is 0 Å². The van der Waals surface area contributed by atoms with E-state index in [1.807, 2.05) is 0 Å². The number of nitrogens with zero attached hydrogens (tertiary/aromatic N) is 1. The van der Waals surface area contributed by atoms with E-state index in [1.54, 1.807) is 0 Å². The maximum absolute atomic E-state index is 6.04. The highest BCUT2D eigenvalue weighted by Gasteiger charge is 2.37. The van der Waals surface area contributed by atoms with E-state index in [2.05, 4.69) is 18.7 Å². The zero-order valence-corrected chi connectivity index (χ0v) is 8.61. The fraction of sp³-hybridized carbons (Fsp3) is 1.00. The fourth-order valence-corrected chi connectivity index (χ4v) is 2.08. The molecule has 4 nitrogen and oxygen atoms in total. The van der Waals surface area contributed by atoms with Crippen LogP contribution in [0, 0.1) is 5.92 Å². The van der Waals surface area contributed by atoms with Crippen molar-refractivity contribution in [3.63, 3.8) is 0 Å². The molecule has 1 heterocycles. The molecule has 0 aromatic carbocycles. The molecule has 6 N–H and O–H groups in total. The monoisotopic (exact) mass is 186 g/mol. The summed E-state index contributed by atoms with van der Waals surface area (Å²) in [4.78, 5) is 2.27. The van der Waals surface area contributed by atoms with Gasteiger partial charge in [-0.1, -0.05) is 6.92 Å². The third-order valence-corrected chi connectivity index (χ3v) is 3.22. The van der Waals surface area contributed by atoms with Crippen molar-refractivity contribution in [2.75, 3.05) is 13.1 Å². The molecule has 1 rings (SSSR count). The summed E-state index contributed by atoms with van der Waals surface area (Å²) in [5.74, 6) is 0.410. The highest BCUT2D eigenvalue weighted by Crippen LogP contribution is 2.22. The summed E-state index contributed by atoms with van der Waals surface area (Å²) in [5.41, 5.74) is 17.7. The van der Waals surface area contributed by atoms with Crippen molar-refractivity contribution >= 4 is 0 Å². The van der Waals surface area contributed by atoms with Gasteiger partial charge in [-0.2, -0.15) is 0 Å². The van der Waals surface area contributed by atoms with Crippen LogP contribution in [-0.4, -0.2) is 36.2 Å². The third kappa shape index (κ3) is 2.02. The average Bonchev–Trinajstić information content (AvgIpc) is 2.43. The highest BCUT2D eigenvalue weighted by atomic mass is 15.3. The average molecular weight is 186 g/mol. The van der Waals surface area contributed by atoms with Gasteiger partial charge in [-0.25, -0.2) is 0 Å². The largest absolute Gasteiger partial charge is 0.330 e. The summed E-state index contributed by atoms with van der Waals surface area (Å²) in [7, 11) is 0. The van der Waals surface area contributed by atoms with Gasteiger partial charge in [0.05, 0.1) is 6.17 Å². The second kappa shape index (κ2) is 4.37. The molecule has 0 aromatic rings. The van der Waals surface area contributed by atoms with E-state index in [-0.39, 0.29) is 12.2 Å². The van der Waals surface area contributed by atoms with Crippen molar-refractivity contribution in [3.8, 4) is 0 Å². The smallest absolute Gasteiger partial charge is 0.0572 e. The molecule has 4 atom stereocenters. The summed E-state index contributed by atoms with van der Waals surface area (Å²) in [6.07, 6.45) is 1.10. The molecule has 1 fully saturated rings. The van der Waals surface area contributed by atoms with E-state index in [0.717, 1.165) is 13.0 Å². The second-order valence-electron chi connectivity index (χ2n) is 3.99. The van der Waals surface area contributed by atoms with Gasteiger partial charge in [-0.15, -0.1) is 0 Å². The van der Waals surface area contributed by atoms with Crippen molar-refractivity contribution in [2.24, 2.45) is 23.1 Å². The maximum atomic E-state index is 6.04. The SMILES string of the molecule is CCC(N)N1CC(CN)C(N)C1C. The topological polar surface area (TPSA) is 81.3 Å². The molecule has 0 radical (unpaired) electrons. The molecule has 13 heavy (non-hydrogen) atoms. The van der Waals surface area contributed by atoms with Gasteiger partial charge in [0, 0.05) is 24.5 Å². The van der Waals surface area contributed by atoms with Gasteiger partial charge in [0.25, 0.3) is 0 Å². The minimum Gasteiger partial charge on any atom is -0.330 e. The van der Waals surface area contributed by atoms with Crippen molar-refractivity contribution in [1.82, 2.24) is 4.90 Å². The van der Waals surface area contributed by atoms with E-state index >= 15 is 0 Å². The Morgan fingerprint density at radius 3 is 2.54 bits per heavy atom. The number of likely N-dealkylation sites (tertiary alicyclic amines) is 1. The first-order chi connectivity index (χ1) is 6.11. The fourth-order valence-electron chi connectivity index (χ4n) is 2.08. The van der Waals surface area contributed by atoms with Crippen LogP contribution in [0.5, 0.6) is 0 Å². The number of nitrogens with two attached hydrogens (primary N) is 3. The van der Waals surface area contributed by atoms with E-state index in [1.165, 1.54) is 0 Å². The quantitative estimate of drug-likeness (QED) is 0.544. The lowest BCUT2D eigenvalue weighted by Crippen LogP contribution is -2.47. The molecule has 0 aromatic heterocycles. The van der Waals surface area contributed by atoms with E-state index < -0.39 is 0 Å². The molecular weight excluding hydrogens is 164 g/mol. The van der Waals surface area contributed by atoms with Crippen LogP contribution in [0.25, 0.3) is 0 Å². The van der Waals surface area contributed by atoms with Gasteiger partial charge in [0.2, 0.25) is 0 Å². The molecular formula is C9H22N4. The zero-order valence-electron chi connectivity index (χ0n) is 8.61. The van der Waals surface area contributed by atoms with Gasteiger partial charge in [0.15, 0.2) is 0 Å². The summed E-state index contributed by atoms with van der Waals surface area (Å²) in [6.45, 7) is 5.85. The summed E-state index contributed by atoms with van der Waals surface area (Å²) in [6, 6.07) is 0.547. The molecule has 0 aliphatic carbocycles. The number of rotatable bonds is 3. The first kappa shape index (κ1) is 10.9. The van der Waals surface area contributed by atoms with E-state index in [9.17, 15) is 0 Å². The highest BCUT2D eigenvalue weighted by molar-refractivity contribution is 4.95. The van der Waals surface area contributed by atoms with Crippen molar-refractivity contribution in [1.29, 1.82) is 0 Å². The number of hydrogen-bond acceptors (Lipinski definition) is 4. The van der Waals surface area contributed by atoms with Crippen LogP contribution < -0.4 is 17.2 Å². The maximum Gasteiger partial charge on any atom is 0.0572 e. The Bertz CT molecular complexity index is 162. The van der Waals surface area contributed by atoms with E-state index in [4.69, 9.17) is 17.2 Å². The van der Waals surface area contributed by atoms with Gasteiger partial charge in [-0.05, 0) is 19.9 Å². The minimum atomic E-state index is 0.137. The first-order valence-corrected chi connectivity index (χ1v) is 5.08. The van der Waals surface area contributed by atoms with Gasteiger partial charge in [-0.3, -0.25) is 4.90 Å². The lowest BCUT2D eigenvalue weighted by atomic mass is 10.0. The van der Waals surface area contributed by atoms with Gasteiger partial charge >= 0.3 is 0 Å². The summed E-state index contributed by atoms with van der Waals surface area (Å²) < 4.78 is 0. The molecule has 0 saturated carbocycles. The first-order valence-electron chi connectivity index (χ1n) is 5.08. The zero-order chi connectivity index (χ0) is 10.0. The Balaban J connectivity index is 2.60. The van der Waals surface area contributed by atoms with Crippen molar-refractivity contribution in [3.05, 3.63) is 0 Å². The number of hydrogen-bond donors (Lipinski definition) is 3. The normalized spacial score (nSPS) is 38.1. The van der Waals surface area contributed by atoms with E-state index in [0.29, 0.717) is 18.5 Å².